The Morgan fingerprint density at radius 2 is 1.83 bits per heavy atom. The van der Waals surface area contributed by atoms with Crippen LogP contribution in [0.5, 0.6) is 0 Å². The molecule has 0 aliphatic carbocycles. The van der Waals surface area contributed by atoms with E-state index in [2.05, 4.69) is 22.9 Å². The third-order valence-corrected chi connectivity index (χ3v) is 2.32. The van der Waals surface area contributed by atoms with Crippen molar-refractivity contribution >= 4 is 15.9 Å². The molecule has 0 spiro atoms. The van der Waals surface area contributed by atoms with Gasteiger partial charge in [0.2, 0.25) is 0 Å². The summed E-state index contributed by atoms with van der Waals surface area (Å²) in [6, 6.07) is 3.86. The Kier molecular flexibility index (Phi) is 2.46. The first-order chi connectivity index (χ1) is 5.43. The van der Waals surface area contributed by atoms with Crippen molar-refractivity contribution < 1.29 is 13.2 Å². The van der Waals surface area contributed by atoms with Crippen LogP contribution in [0.1, 0.15) is 11.1 Å². The molecular formula is C8H5BrF3. The molecule has 0 nitrogen and oxygen atoms in total. The van der Waals surface area contributed by atoms with Crippen LogP contribution in [0, 0.1) is 6.92 Å². The zero-order valence-electron chi connectivity index (χ0n) is 5.95. The molecule has 1 radical (unpaired) electrons. The third kappa shape index (κ3) is 1.80. The Morgan fingerprint density at radius 1 is 1.25 bits per heavy atom. The van der Waals surface area contributed by atoms with Crippen LogP contribution in [-0.4, -0.2) is 0 Å². The summed E-state index contributed by atoms with van der Waals surface area (Å²) in [6.45, 7) is 3.45. The molecular weight excluding hydrogens is 233 g/mol. The summed E-state index contributed by atoms with van der Waals surface area (Å²) in [6.07, 6.45) is -4.31. The van der Waals surface area contributed by atoms with E-state index in [1.807, 2.05) is 0 Å². The van der Waals surface area contributed by atoms with Gasteiger partial charge in [-0.15, -0.1) is 0 Å². The zero-order chi connectivity index (χ0) is 9.35. The average Bonchev–Trinajstić information content (AvgIpc) is 1.92. The molecule has 0 saturated carbocycles. The van der Waals surface area contributed by atoms with Crippen molar-refractivity contribution in [3.05, 3.63) is 40.7 Å². The van der Waals surface area contributed by atoms with Crippen LogP contribution >= 0.6 is 15.9 Å². The molecule has 0 aromatic heterocycles. The molecule has 12 heavy (non-hydrogen) atoms. The van der Waals surface area contributed by atoms with Gasteiger partial charge in [-0.25, -0.2) is 0 Å². The Morgan fingerprint density at radius 3 is 2.25 bits per heavy atom. The highest BCUT2D eigenvalue weighted by Gasteiger charge is 2.32. The lowest BCUT2D eigenvalue weighted by atomic mass is 10.1. The monoisotopic (exact) mass is 237 g/mol. The lowest BCUT2D eigenvalue weighted by Gasteiger charge is -2.09. The molecule has 0 atom stereocenters. The smallest absolute Gasteiger partial charge is 0.166 e. The second-order valence-electron chi connectivity index (χ2n) is 2.28. The summed E-state index contributed by atoms with van der Waals surface area (Å²) >= 11 is 2.83. The molecule has 0 N–H and O–H groups in total. The van der Waals surface area contributed by atoms with Crippen LogP contribution in [-0.2, 0) is 6.18 Å². The molecule has 4 heteroatoms. The summed E-state index contributed by atoms with van der Waals surface area (Å²) in [5, 5.41) is 0. The van der Waals surface area contributed by atoms with E-state index in [0.29, 0.717) is 5.56 Å². The molecule has 0 unspecified atom stereocenters. The lowest BCUT2D eigenvalue weighted by Crippen LogP contribution is -2.06. The molecule has 0 heterocycles. The summed E-state index contributed by atoms with van der Waals surface area (Å²) in [7, 11) is 0. The van der Waals surface area contributed by atoms with Gasteiger partial charge in [0.15, 0.2) is 0 Å². The Labute approximate surface area is 76.5 Å². The lowest BCUT2D eigenvalue weighted by molar-refractivity contribution is -0.138. The van der Waals surface area contributed by atoms with Crippen molar-refractivity contribution in [2.45, 2.75) is 6.18 Å². The Balaban J connectivity index is 3.26. The fourth-order valence-corrected chi connectivity index (χ4v) is 1.29. The van der Waals surface area contributed by atoms with Crippen LogP contribution in [0.3, 0.4) is 0 Å². The second kappa shape index (κ2) is 3.09. The number of hydrogen-bond donors (Lipinski definition) is 0. The van der Waals surface area contributed by atoms with Crippen molar-refractivity contribution in [2.75, 3.05) is 0 Å². The van der Waals surface area contributed by atoms with Crippen LogP contribution in [0.2, 0.25) is 0 Å². The zero-order valence-corrected chi connectivity index (χ0v) is 7.54. The molecule has 0 aliphatic heterocycles. The minimum absolute atomic E-state index is 0.0116. The summed E-state index contributed by atoms with van der Waals surface area (Å²) in [4.78, 5) is 0. The maximum atomic E-state index is 12.2. The first kappa shape index (κ1) is 9.58. The van der Waals surface area contributed by atoms with Gasteiger partial charge in [-0.1, -0.05) is 12.1 Å². The predicted octanol–water partition coefficient (Wildman–Crippen LogP) is 3.65. The van der Waals surface area contributed by atoms with Crippen molar-refractivity contribution in [3.8, 4) is 0 Å². The van der Waals surface area contributed by atoms with Crippen molar-refractivity contribution in [1.82, 2.24) is 0 Å². The minimum atomic E-state index is -4.31. The minimum Gasteiger partial charge on any atom is -0.166 e. The van der Waals surface area contributed by atoms with Gasteiger partial charge in [0, 0.05) is 4.47 Å². The average molecular weight is 238 g/mol. The quantitative estimate of drug-likeness (QED) is 0.647. The predicted molar refractivity (Wildman–Crippen MR) is 43.6 cm³/mol. The SMILES string of the molecule is [CH2]c1cccc(C(F)(F)F)c1Br. The third-order valence-electron chi connectivity index (χ3n) is 1.38. The summed E-state index contributed by atoms with van der Waals surface area (Å²) < 4.78 is 36.5. The molecule has 65 valence electrons. The van der Waals surface area contributed by atoms with Crippen LogP contribution in [0.15, 0.2) is 22.7 Å². The van der Waals surface area contributed by atoms with Gasteiger partial charge < -0.3 is 0 Å². The molecule has 1 aromatic carbocycles. The molecule has 0 bridgehead atoms. The van der Waals surface area contributed by atoms with Crippen LogP contribution < -0.4 is 0 Å². The van der Waals surface area contributed by atoms with Gasteiger partial charge in [0.25, 0.3) is 0 Å². The molecule has 0 fully saturated rings. The van der Waals surface area contributed by atoms with E-state index >= 15 is 0 Å². The maximum absolute atomic E-state index is 12.2. The standard InChI is InChI=1S/C8H5BrF3/c1-5-3-2-4-6(7(5)9)8(10,11)12/h2-4H,1H2. The summed E-state index contributed by atoms with van der Waals surface area (Å²) in [5.74, 6) is 0. The highest BCUT2D eigenvalue weighted by molar-refractivity contribution is 9.10. The van der Waals surface area contributed by atoms with Gasteiger partial charge >= 0.3 is 6.18 Å². The Hall–Kier alpha value is -0.510. The van der Waals surface area contributed by atoms with Gasteiger partial charge in [0.05, 0.1) is 5.56 Å². The maximum Gasteiger partial charge on any atom is 0.417 e. The largest absolute Gasteiger partial charge is 0.417 e. The van der Waals surface area contributed by atoms with Gasteiger partial charge in [0.1, 0.15) is 0 Å². The van der Waals surface area contributed by atoms with E-state index in [1.54, 1.807) is 0 Å². The van der Waals surface area contributed by atoms with Gasteiger partial charge in [-0.2, -0.15) is 13.2 Å². The number of benzene rings is 1. The van der Waals surface area contributed by atoms with Crippen molar-refractivity contribution in [1.29, 1.82) is 0 Å². The van der Waals surface area contributed by atoms with Crippen LogP contribution in [0.4, 0.5) is 13.2 Å². The highest BCUT2D eigenvalue weighted by atomic mass is 79.9. The van der Waals surface area contributed by atoms with Gasteiger partial charge in [-0.3, -0.25) is 0 Å². The molecule has 1 aromatic rings. The van der Waals surface area contributed by atoms with E-state index < -0.39 is 11.7 Å². The van der Waals surface area contributed by atoms with Crippen LogP contribution in [0.25, 0.3) is 0 Å². The van der Waals surface area contributed by atoms with E-state index in [1.165, 1.54) is 12.1 Å². The van der Waals surface area contributed by atoms with Crippen molar-refractivity contribution in [3.63, 3.8) is 0 Å². The topological polar surface area (TPSA) is 0 Å². The summed E-state index contributed by atoms with van der Waals surface area (Å²) in [5.41, 5.74) is -0.347. The fraction of sp³-hybridized carbons (Fsp3) is 0.125. The van der Waals surface area contributed by atoms with E-state index in [0.717, 1.165) is 6.07 Å². The normalized spacial score (nSPS) is 11.8. The van der Waals surface area contributed by atoms with E-state index in [-0.39, 0.29) is 4.47 Å². The molecule has 1 rings (SSSR count). The first-order valence-electron chi connectivity index (χ1n) is 3.10. The number of hydrogen-bond acceptors (Lipinski definition) is 0. The highest BCUT2D eigenvalue weighted by Crippen LogP contribution is 2.35. The van der Waals surface area contributed by atoms with Gasteiger partial charge in [-0.05, 0) is 34.5 Å². The Bertz CT molecular complexity index is 291. The van der Waals surface area contributed by atoms with Crippen molar-refractivity contribution in [2.24, 2.45) is 0 Å². The molecule has 0 saturated heterocycles. The molecule has 0 amide bonds. The fourth-order valence-electron chi connectivity index (χ4n) is 0.799. The second-order valence-corrected chi connectivity index (χ2v) is 3.07. The number of alkyl halides is 3. The van der Waals surface area contributed by atoms with E-state index in [9.17, 15) is 13.2 Å². The molecule has 0 aliphatic rings. The number of rotatable bonds is 0. The number of halogens is 4. The first-order valence-corrected chi connectivity index (χ1v) is 3.90. The van der Waals surface area contributed by atoms with E-state index in [4.69, 9.17) is 0 Å².